The number of rotatable bonds is 3. The third-order valence-corrected chi connectivity index (χ3v) is 3.00. The van der Waals surface area contributed by atoms with E-state index in [2.05, 4.69) is 22.3 Å². The maximum atomic E-state index is 4.40. The van der Waals surface area contributed by atoms with Crippen LogP contribution in [0.15, 0.2) is 24.4 Å². The first-order valence-corrected chi connectivity index (χ1v) is 5.45. The minimum absolute atomic E-state index is 0.590. The van der Waals surface area contributed by atoms with Gasteiger partial charge in [0.25, 0.3) is 0 Å². The highest BCUT2D eigenvalue weighted by molar-refractivity contribution is 5.43. The molecule has 1 aliphatic carbocycles. The topological polar surface area (TPSA) is 42.2 Å². The molecule has 1 N–H and O–H groups in total. The summed E-state index contributed by atoms with van der Waals surface area (Å²) in [7, 11) is 0. The SMILES string of the molecule is CCC1CC1Nc1nc2ccccn2n1. The van der Waals surface area contributed by atoms with Crippen molar-refractivity contribution in [1.29, 1.82) is 0 Å². The molecule has 2 aromatic heterocycles. The van der Waals surface area contributed by atoms with Gasteiger partial charge in [-0.25, -0.2) is 4.52 Å². The van der Waals surface area contributed by atoms with Crippen LogP contribution in [-0.2, 0) is 0 Å². The summed E-state index contributed by atoms with van der Waals surface area (Å²) in [4.78, 5) is 4.40. The van der Waals surface area contributed by atoms with Crippen LogP contribution in [-0.4, -0.2) is 20.6 Å². The number of nitrogens with zero attached hydrogens (tertiary/aromatic N) is 3. The number of hydrogen-bond donors (Lipinski definition) is 1. The number of aromatic nitrogens is 3. The normalized spacial score (nSPS) is 24.3. The number of nitrogens with one attached hydrogen (secondary N) is 1. The van der Waals surface area contributed by atoms with Crippen molar-refractivity contribution in [2.45, 2.75) is 25.8 Å². The number of hydrogen-bond acceptors (Lipinski definition) is 3. The van der Waals surface area contributed by atoms with Crippen molar-refractivity contribution in [2.24, 2.45) is 5.92 Å². The zero-order valence-corrected chi connectivity index (χ0v) is 8.72. The highest BCUT2D eigenvalue weighted by Gasteiger charge is 2.35. The van der Waals surface area contributed by atoms with E-state index in [1.807, 2.05) is 24.4 Å². The molecule has 2 aromatic rings. The van der Waals surface area contributed by atoms with Gasteiger partial charge in [-0.1, -0.05) is 19.4 Å². The van der Waals surface area contributed by atoms with E-state index >= 15 is 0 Å². The van der Waals surface area contributed by atoms with Crippen molar-refractivity contribution in [2.75, 3.05) is 5.32 Å². The Morgan fingerprint density at radius 2 is 2.47 bits per heavy atom. The molecule has 0 amide bonds. The lowest BCUT2D eigenvalue weighted by molar-refractivity contribution is 0.771. The first-order valence-electron chi connectivity index (χ1n) is 5.45. The van der Waals surface area contributed by atoms with E-state index in [0.29, 0.717) is 6.04 Å². The number of pyridine rings is 1. The summed E-state index contributed by atoms with van der Waals surface area (Å²) in [5.74, 6) is 1.57. The van der Waals surface area contributed by atoms with E-state index in [1.54, 1.807) is 4.52 Å². The molecular weight excluding hydrogens is 188 g/mol. The van der Waals surface area contributed by atoms with Gasteiger partial charge in [-0.3, -0.25) is 0 Å². The van der Waals surface area contributed by atoms with Crippen LogP contribution in [0, 0.1) is 5.92 Å². The number of anilines is 1. The van der Waals surface area contributed by atoms with Crippen molar-refractivity contribution in [3.63, 3.8) is 0 Å². The standard InChI is InChI=1S/C11H14N4/c1-2-8-7-9(8)12-11-13-10-5-3-4-6-15(10)14-11/h3-6,8-9H,2,7H2,1H3,(H,12,14). The Labute approximate surface area is 88.3 Å². The van der Waals surface area contributed by atoms with Gasteiger partial charge in [-0.2, -0.15) is 4.98 Å². The Bertz CT molecular complexity index is 443. The molecule has 0 bridgehead atoms. The van der Waals surface area contributed by atoms with Crippen molar-refractivity contribution in [3.05, 3.63) is 24.4 Å². The maximum Gasteiger partial charge on any atom is 0.243 e. The summed E-state index contributed by atoms with van der Waals surface area (Å²) < 4.78 is 1.80. The summed E-state index contributed by atoms with van der Waals surface area (Å²) in [5, 5.41) is 7.72. The Kier molecular flexibility index (Phi) is 1.87. The van der Waals surface area contributed by atoms with Crippen LogP contribution in [0.3, 0.4) is 0 Å². The fourth-order valence-corrected chi connectivity index (χ4v) is 1.93. The van der Waals surface area contributed by atoms with E-state index in [9.17, 15) is 0 Å². The monoisotopic (exact) mass is 202 g/mol. The second-order valence-corrected chi connectivity index (χ2v) is 4.09. The van der Waals surface area contributed by atoms with Crippen LogP contribution >= 0.6 is 0 Å². The van der Waals surface area contributed by atoms with Gasteiger partial charge >= 0.3 is 0 Å². The Balaban J connectivity index is 1.81. The van der Waals surface area contributed by atoms with E-state index < -0.39 is 0 Å². The van der Waals surface area contributed by atoms with Gasteiger partial charge in [0.1, 0.15) is 0 Å². The molecule has 1 aliphatic rings. The number of fused-ring (bicyclic) bond motifs is 1. The molecule has 0 spiro atoms. The Morgan fingerprint density at radius 3 is 3.20 bits per heavy atom. The fraction of sp³-hybridized carbons (Fsp3) is 0.455. The van der Waals surface area contributed by atoms with Crippen LogP contribution in [0.4, 0.5) is 5.95 Å². The molecule has 78 valence electrons. The molecule has 0 aliphatic heterocycles. The molecule has 3 rings (SSSR count). The van der Waals surface area contributed by atoms with Gasteiger partial charge < -0.3 is 5.32 Å². The lowest BCUT2D eigenvalue weighted by Crippen LogP contribution is -2.05. The highest BCUT2D eigenvalue weighted by Crippen LogP contribution is 2.35. The van der Waals surface area contributed by atoms with Crippen LogP contribution in [0.5, 0.6) is 0 Å². The molecule has 4 nitrogen and oxygen atoms in total. The van der Waals surface area contributed by atoms with Gasteiger partial charge in [0.2, 0.25) is 5.95 Å². The lowest BCUT2D eigenvalue weighted by Gasteiger charge is -1.97. The summed E-state index contributed by atoms with van der Waals surface area (Å²) in [6, 6.07) is 6.48. The lowest BCUT2D eigenvalue weighted by atomic mass is 10.3. The summed E-state index contributed by atoms with van der Waals surface area (Å²) in [6.45, 7) is 2.23. The van der Waals surface area contributed by atoms with Gasteiger partial charge in [-0.05, 0) is 24.5 Å². The molecule has 15 heavy (non-hydrogen) atoms. The van der Waals surface area contributed by atoms with E-state index in [-0.39, 0.29) is 0 Å². The average molecular weight is 202 g/mol. The first-order chi connectivity index (χ1) is 7.36. The van der Waals surface area contributed by atoms with E-state index in [1.165, 1.54) is 12.8 Å². The summed E-state index contributed by atoms with van der Waals surface area (Å²) in [6.07, 6.45) is 4.41. The predicted octanol–water partition coefficient (Wildman–Crippen LogP) is 1.94. The molecule has 4 heteroatoms. The van der Waals surface area contributed by atoms with Crippen LogP contribution in [0.25, 0.3) is 5.65 Å². The van der Waals surface area contributed by atoms with Crippen LogP contribution in [0.1, 0.15) is 19.8 Å². The molecule has 1 saturated carbocycles. The second kappa shape index (κ2) is 3.22. The smallest absolute Gasteiger partial charge is 0.243 e. The molecule has 2 atom stereocenters. The Morgan fingerprint density at radius 1 is 1.53 bits per heavy atom. The zero-order valence-electron chi connectivity index (χ0n) is 8.72. The van der Waals surface area contributed by atoms with E-state index in [0.717, 1.165) is 17.5 Å². The molecular formula is C11H14N4. The maximum absolute atomic E-state index is 4.40. The Hall–Kier alpha value is -1.58. The summed E-state index contributed by atoms with van der Waals surface area (Å²) >= 11 is 0. The van der Waals surface area contributed by atoms with Crippen molar-refractivity contribution < 1.29 is 0 Å². The largest absolute Gasteiger partial charge is 0.350 e. The predicted molar refractivity (Wildman–Crippen MR) is 58.8 cm³/mol. The minimum Gasteiger partial charge on any atom is -0.350 e. The van der Waals surface area contributed by atoms with Gasteiger partial charge in [-0.15, -0.1) is 5.10 Å². The van der Waals surface area contributed by atoms with E-state index in [4.69, 9.17) is 0 Å². The van der Waals surface area contributed by atoms with Crippen LogP contribution < -0.4 is 5.32 Å². The third-order valence-electron chi connectivity index (χ3n) is 3.00. The van der Waals surface area contributed by atoms with Gasteiger partial charge in [0.05, 0.1) is 0 Å². The fourth-order valence-electron chi connectivity index (χ4n) is 1.93. The minimum atomic E-state index is 0.590. The molecule has 0 aromatic carbocycles. The van der Waals surface area contributed by atoms with Crippen LogP contribution in [0.2, 0.25) is 0 Å². The molecule has 1 fully saturated rings. The van der Waals surface area contributed by atoms with Gasteiger partial charge in [0.15, 0.2) is 5.65 Å². The average Bonchev–Trinajstić information content (AvgIpc) is 2.87. The highest BCUT2D eigenvalue weighted by atomic mass is 15.3. The third kappa shape index (κ3) is 1.56. The molecule has 0 radical (unpaired) electrons. The zero-order chi connectivity index (χ0) is 10.3. The van der Waals surface area contributed by atoms with Gasteiger partial charge in [0, 0.05) is 12.2 Å². The second-order valence-electron chi connectivity index (χ2n) is 4.09. The van der Waals surface area contributed by atoms with Crippen molar-refractivity contribution in [3.8, 4) is 0 Å². The summed E-state index contributed by atoms with van der Waals surface area (Å²) in [5.41, 5.74) is 0.897. The molecule has 2 unspecified atom stereocenters. The quantitative estimate of drug-likeness (QED) is 0.827. The first kappa shape index (κ1) is 8.71. The van der Waals surface area contributed by atoms with Crippen molar-refractivity contribution >= 4 is 11.6 Å². The molecule has 2 heterocycles. The molecule has 0 saturated heterocycles. The van der Waals surface area contributed by atoms with Crippen molar-refractivity contribution in [1.82, 2.24) is 14.6 Å².